The van der Waals surface area contributed by atoms with Crippen LogP contribution in [0.1, 0.15) is 38.5 Å². The lowest BCUT2D eigenvalue weighted by Gasteiger charge is -2.25. The maximum atomic E-state index is 12.5. The van der Waals surface area contributed by atoms with Gasteiger partial charge < -0.3 is 20.4 Å². The van der Waals surface area contributed by atoms with Crippen LogP contribution in [0, 0.1) is 5.92 Å². The molecule has 3 aliphatic rings. The number of carboxylic acids is 1. The molecule has 0 radical (unpaired) electrons. The van der Waals surface area contributed by atoms with Crippen LogP contribution in [0.4, 0.5) is 0 Å². The first-order chi connectivity index (χ1) is 9.56. The molecule has 6 nitrogen and oxygen atoms in total. The number of nitrogens with zero attached hydrogens (tertiary/aromatic N) is 1. The van der Waals surface area contributed by atoms with Gasteiger partial charge in [0.25, 0.3) is 0 Å². The number of carbonyl (C=O) groups excluding carboxylic acids is 1. The Balaban J connectivity index is 1.68. The molecule has 2 saturated heterocycles. The second-order valence-electron chi connectivity index (χ2n) is 6.34. The Morgan fingerprint density at radius 2 is 1.90 bits per heavy atom. The van der Waals surface area contributed by atoms with Crippen LogP contribution >= 0.6 is 0 Å². The number of likely N-dealkylation sites (tertiary alicyclic amines) is 1. The Morgan fingerprint density at radius 1 is 1.15 bits per heavy atom. The normalized spacial score (nSPS) is 40.6. The number of aliphatic hydroxyl groups is 1. The largest absolute Gasteiger partial charge is 0.480 e. The topological polar surface area (TPSA) is 89.9 Å². The van der Waals surface area contributed by atoms with E-state index < -0.39 is 18.1 Å². The summed E-state index contributed by atoms with van der Waals surface area (Å²) in [4.78, 5) is 25.1. The summed E-state index contributed by atoms with van der Waals surface area (Å²) in [5, 5.41) is 22.2. The molecule has 1 saturated carbocycles. The van der Waals surface area contributed by atoms with Gasteiger partial charge >= 0.3 is 5.97 Å². The average molecular weight is 282 g/mol. The Bertz CT molecular complexity index is 400. The van der Waals surface area contributed by atoms with Gasteiger partial charge in [0.05, 0.1) is 12.1 Å². The van der Waals surface area contributed by atoms with E-state index in [4.69, 9.17) is 0 Å². The van der Waals surface area contributed by atoms with Crippen molar-refractivity contribution in [1.82, 2.24) is 10.2 Å². The number of carbonyl (C=O) groups is 2. The lowest BCUT2D eigenvalue weighted by atomic mass is 9.85. The van der Waals surface area contributed by atoms with Crippen molar-refractivity contribution >= 4 is 11.9 Å². The summed E-state index contributed by atoms with van der Waals surface area (Å²) in [6.45, 7) is 0.142. The maximum Gasteiger partial charge on any atom is 0.326 e. The third-order valence-electron chi connectivity index (χ3n) is 5.01. The zero-order valence-electron chi connectivity index (χ0n) is 11.5. The van der Waals surface area contributed by atoms with Crippen LogP contribution in [0.3, 0.4) is 0 Å². The predicted octanol–water partition coefficient (Wildman–Crippen LogP) is -0.0465. The minimum Gasteiger partial charge on any atom is -0.480 e. The van der Waals surface area contributed by atoms with Crippen molar-refractivity contribution in [2.24, 2.45) is 5.92 Å². The van der Waals surface area contributed by atoms with Crippen LogP contribution in [0.15, 0.2) is 0 Å². The number of hydrogen-bond acceptors (Lipinski definition) is 4. The number of aliphatic hydroxyl groups excluding tert-OH is 1. The SMILES string of the molecule is O=C(O)[C@@H]1CC(O)CN1C(=O)C1CC2CCCCC2N1. The minimum absolute atomic E-state index is 0.140. The summed E-state index contributed by atoms with van der Waals surface area (Å²) in [6, 6.07) is -0.731. The fraction of sp³-hybridized carbons (Fsp3) is 0.857. The summed E-state index contributed by atoms with van der Waals surface area (Å²) >= 11 is 0. The van der Waals surface area contributed by atoms with Crippen LogP contribution in [-0.4, -0.2) is 57.8 Å². The van der Waals surface area contributed by atoms with Crippen LogP contribution in [-0.2, 0) is 9.59 Å². The molecule has 0 aromatic rings. The van der Waals surface area contributed by atoms with Crippen molar-refractivity contribution in [3.05, 3.63) is 0 Å². The molecule has 3 fully saturated rings. The first-order valence-electron chi connectivity index (χ1n) is 7.53. The standard InChI is InChI=1S/C14H22N2O4/c17-9-6-12(14(19)20)16(7-9)13(18)11-5-8-3-1-2-4-10(8)15-11/h8-12,15,17H,1-7H2,(H,19,20)/t8?,9?,10?,11?,12-/m0/s1. The van der Waals surface area contributed by atoms with E-state index in [0.29, 0.717) is 12.0 Å². The summed E-state index contributed by atoms with van der Waals surface area (Å²) in [5.41, 5.74) is 0. The Hall–Kier alpha value is -1.14. The molecule has 4 unspecified atom stereocenters. The zero-order valence-corrected chi connectivity index (χ0v) is 11.5. The molecule has 0 bridgehead atoms. The Labute approximate surface area is 118 Å². The molecular formula is C14H22N2O4. The van der Waals surface area contributed by atoms with Gasteiger partial charge in [-0.25, -0.2) is 4.79 Å². The Kier molecular flexibility index (Phi) is 3.69. The van der Waals surface area contributed by atoms with Crippen molar-refractivity contribution in [3.63, 3.8) is 0 Å². The maximum absolute atomic E-state index is 12.5. The van der Waals surface area contributed by atoms with E-state index in [2.05, 4.69) is 5.32 Å². The number of rotatable bonds is 2. The highest BCUT2D eigenvalue weighted by Crippen LogP contribution is 2.34. The molecule has 3 N–H and O–H groups in total. The predicted molar refractivity (Wildman–Crippen MR) is 71.0 cm³/mol. The molecule has 3 rings (SSSR count). The number of carboxylic acid groups (broad SMARTS) is 1. The average Bonchev–Trinajstić information content (AvgIpc) is 3.01. The van der Waals surface area contributed by atoms with Gasteiger partial charge in [-0.1, -0.05) is 12.8 Å². The van der Waals surface area contributed by atoms with Crippen molar-refractivity contribution in [3.8, 4) is 0 Å². The molecule has 112 valence electrons. The lowest BCUT2D eigenvalue weighted by molar-refractivity contribution is -0.148. The number of hydrogen-bond donors (Lipinski definition) is 3. The van der Waals surface area contributed by atoms with E-state index in [1.165, 1.54) is 17.7 Å². The number of nitrogens with one attached hydrogen (secondary N) is 1. The van der Waals surface area contributed by atoms with Gasteiger partial charge in [-0.3, -0.25) is 4.79 Å². The lowest BCUT2D eigenvalue weighted by Crippen LogP contribution is -2.49. The van der Waals surface area contributed by atoms with Gasteiger partial charge in [0.1, 0.15) is 6.04 Å². The summed E-state index contributed by atoms with van der Waals surface area (Å²) in [7, 11) is 0. The van der Waals surface area contributed by atoms with E-state index in [0.717, 1.165) is 19.3 Å². The van der Waals surface area contributed by atoms with Gasteiger partial charge in [0.2, 0.25) is 5.91 Å². The highest BCUT2D eigenvalue weighted by Gasteiger charge is 2.45. The summed E-state index contributed by atoms with van der Waals surface area (Å²) in [6.07, 6.45) is 4.93. The minimum atomic E-state index is -1.02. The van der Waals surface area contributed by atoms with Gasteiger partial charge in [-0.05, 0) is 25.2 Å². The number of β-amino-alcohol motifs (C(OH)–C–C–N with tert-alkyl or cyclic N) is 1. The van der Waals surface area contributed by atoms with Gasteiger partial charge in [-0.2, -0.15) is 0 Å². The van der Waals surface area contributed by atoms with Crippen LogP contribution < -0.4 is 5.32 Å². The second kappa shape index (κ2) is 5.33. The zero-order chi connectivity index (χ0) is 14.3. The molecule has 0 spiro atoms. The van der Waals surface area contributed by atoms with Crippen LogP contribution in [0.25, 0.3) is 0 Å². The quantitative estimate of drug-likeness (QED) is 0.661. The number of amides is 1. The molecule has 6 heteroatoms. The van der Waals surface area contributed by atoms with Crippen LogP contribution in [0.5, 0.6) is 0 Å². The Morgan fingerprint density at radius 3 is 2.60 bits per heavy atom. The van der Waals surface area contributed by atoms with E-state index in [1.807, 2.05) is 0 Å². The first kappa shape index (κ1) is 13.8. The van der Waals surface area contributed by atoms with Crippen molar-refractivity contribution in [2.45, 2.75) is 62.8 Å². The molecule has 20 heavy (non-hydrogen) atoms. The smallest absolute Gasteiger partial charge is 0.326 e. The van der Waals surface area contributed by atoms with Crippen LogP contribution in [0.2, 0.25) is 0 Å². The van der Waals surface area contributed by atoms with Crippen molar-refractivity contribution in [2.75, 3.05) is 6.54 Å². The fourth-order valence-corrected chi connectivity index (χ4v) is 4.00. The van der Waals surface area contributed by atoms with Crippen molar-refractivity contribution < 1.29 is 19.8 Å². The molecular weight excluding hydrogens is 260 g/mol. The van der Waals surface area contributed by atoms with Gasteiger partial charge in [-0.15, -0.1) is 0 Å². The van der Waals surface area contributed by atoms with Gasteiger partial charge in [0.15, 0.2) is 0 Å². The molecule has 2 heterocycles. The van der Waals surface area contributed by atoms with E-state index in [-0.39, 0.29) is 24.9 Å². The van der Waals surface area contributed by atoms with E-state index >= 15 is 0 Å². The van der Waals surface area contributed by atoms with E-state index in [9.17, 15) is 19.8 Å². The highest BCUT2D eigenvalue weighted by molar-refractivity contribution is 5.88. The van der Waals surface area contributed by atoms with Crippen molar-refractivity contribution in [1.29, 1.82) is 0 Å². The molecule has 1 amide bonds. The fourth-order valence-electron chi connectivity index (χ4n) is 4.00. The molecule has 2 aliphatic heterocycles. The third kappa shape index (κ3) is 2.42. The summed E-state index contributed by atoms with van der Waals surface area (Å²) in [5.74, 6) is -0.623. The van der Waals surface area contributed by atoms with Gasteiger partial charge in [0, 0.05) is 19.0 Å². The van der Waals surface area contributed by atoms with E-state index in [1.54, 1.807) is 0 Å². The first-order valence-corrected chi connectivity index (χ1v) is 7.53. The number of fused-ring (bicyclic) bond motifs is 1. The highest BCUT2D eigenvalue weighted by atomic mass is 16.4. The molecule has 0 aromatic carbocycles. The molecule has 0 aromatic heterocycles. The summed E-state index contributed by atoms with van der Waals surface area (Å²) < 4.78 is 0. The monoisotopic (exact) mass is 282 g/mol. The molecule has 1 aliphatic carbocycles. The molecule has 5 atom stereocenters. The second-order valence-corrected chi connectivity index (χ2v) is 6.34. The third-order valence-corrected chi connectivity index (χ3v) is 5.01. The number of aliphatic carboxylic acids is 1.